The van der Waals surface area contributed by atoms with Gasteiger partial charge in [0.25, 0.3) is 0 Å². The fraction of sp³-hybridized carbons (Fsp3) is 0.500. The van der Waals surface area contributed by atoms with Gasteiger partial charge in [0.15, 0.2) is 0 Å². The number of allylic oxidation sites excluding steroid dienone is 5. The third-order valence-corrected chi connectivity index (χ3v) is 3.97. The molecule has 0 aromatic rings. The van der Waals surface area contributed by atoms with E-state index in [4.69, 9.17) is 14.7 Å². The van der Waals surface area contributed by atoms with Crippen molar-refractivity contribution in [3.05, 3.63) is 35.2 Å². The maximum Gasteiger partial charge on any atom is 0.494 e. The van der Waals surface area contributed by atoms with Gasteiger partial charge in [0.05, 0.1) is 16.9 Å². The summed E-state index contributed by atoms with van der Waals surface area (Å²) < 4.78 is 25.6. The number of hydrogen-bond donors (Lipinski definition) is 2. The monoisotopic (exact) mass is 278 g/mol. The molecule has 0 aromatic carbocycles. The van der Waals surface area contributed by atoms with Gasteiger partial charge in [-0.05, 0) is 39.2 Å². The van der Waals surface area contributed by atoms with Gasteiger partial charge >= 0.3 is 7.12 Å². The van der Waals surface area contributed by atoms with Crippen LogP contribution in [0.4, 0.5) is 4.39 Å². The number of halogens is 1. The van der Waals surface area contributed by atoms with Crippen molar-refractivity contribution in [2.24, 2.45) is 0 Å². The van der Waals surface area contributed by atoms with Gasteiger partial charge in [0.1, 0.15) is 5.83 Å². The minimum atomic E-state index is -0.626. The third-order valence-electron chi connectivity index (χ3n) is 3.97. The third kappa shape index (κ3) is 2.45. The largest absolute Gasteiger partial charge is 0.494 e. The van der Waals surface area contributed by atoms with Gasteiger partial charge in [-0.1, -0.05) is 6.08 Å². The van der Waals surface area contributed by atoms with Crippen molar-refractivity contribution in [1.82, 2.24) is 5.32 Å². The van der Waals surface area contributed by atoms with Gasteiger partial charge in [-0.3, -0.25) is 5.41 Å². The maximum absolute atomic E-state index is 13.9. The molecular formula is C14H20BFN2O2. The van der Waals surface area contributed by atoms with Crippen LogP contribution in [0.5, 0.6) is 0 Å². The smallest absolute Gasteiger partial charge is 0.399 e. The van der Waals surface area contributed by atoms with Crippen LogP contribution in [0.15, 0.2) is 35.2 Å². The lowest BCUT2D eigenvalue weighted by Gasteiger charge is -2.32. The second kappa shape index (κ2) is 4.86. The van der Waals surface area contributed by atoms with Gasteiger partial charge in [-0.15, -0.1) is 0 Å². The molecule has 20 heavy (non-hydrogen) atoms. The van der Waals surface area contributed by atoms with Crippen LogP contribution in [0.1, 0.15) is 27.7 Å². The topological polar surface area (TPSA) is 54.3 Å². The fourth-order valence-electron chi connectivity index (χ4n) is 2.03. The highest BCUT2D eigenvalue weighted by atomic mass is 19.1. The first-order valence-electron chi connectivity index (χ1n) is 6.59. The molecule has 0 aromatic heterocycles. The highest BCUT2D eigenvalue weighted by Crippen LogP contribution is 2.39. The van der Waals surface area contributed by atoms with Crippen LogP contribution in [0, 0.1) is 5.41 Å². The summed E-state index contributed by atoms with van der Waals surface area (Å²) in [5.41, 5.74) is -0.0306. The van der Waals surface area contributed by atoms with Crippen molar-refractivity contribution in [2.75, 3.05) is 7.05 Å². The van der Waals surface area contributed by atoms with E-state index >= 15 is 0 Å². The van der Waals surface area contributed by atoms with Crippen molar-refractivity contribution in [3.63, 3.8) is 0 Å². The van der Waals surface area contributed by atoms with E-state index in [2.05, 4.69) is 5.32 Å². The van der Waals surface area contributed by atoms with Gasteiger partial charge < -0.3 is 14.6 Å². The van der Waals surface area contributed by atoms with Crippen LogP contribution in [0.25, 0.3) is 0 Å². The van der Waals surface area contributed by atoms with Crippen LogP contribution in [0.2, 0.25) is 0 Å². The van der Waals surface area contributed by atoms with Crippen LogP contribution < -0.4 is 5.32 Å². The minimum absolute atomic E-state index is 0.139. The Morgan fingerprint density at radius 1 is 1.20 bits per heavy atom. The zero-order chi connectivity index (χ0) is 15.1. The van der Waals surface area contributed by atoms with E-state index < -0.39 is 24.1 Å². The molecular weight excluding hydrogens is 258 g/mol. The van der Waals surface area contributed by atoms with E-state index in [0.717, 1.165) is 0 Å². The molecule has 0 atom stereocenters. The molecule has 1 heterocycles. The highest BCUT2D eigenvalue weighted by Gasteiger charge is 2.52. The number of rotatable bonds is 2. The Morgan fingerprint density at radius 3 is 2.25 bits per heavy atom. The van der Waals surface area contributed by atoms with E-state index in [1.165, 1.54) is 6.08 Å². The van der Waals surface area contributed by atoms with Gasteiger partial charge in [0, 0.05) is 18.8 Å². The highest BCUT2D eigenvalue weighted by molar-refractivity contribution is 6.56. The predicted octanol–water partition coefficient (Wildman–Crippen LogP) is 2.53. The summed E-state index contributed by atoms with van der Waals surface area (Å²) in [6, 6.07) is 0. The molecule has 2 N–H and O–H groups in total. The Kier molecular flexibility index (Phi) is 3.65. The molecule has 6 heteroatoms. The summed E-state index contributed by atoms with van der Waals surface area (Å²) in [7, 11) is 1.08. The first-order chi connectivity index (χ1) is 9.18. The SMILES string of the molecule is CN/C=C1/C=C(B2OC(C)(C)C(C)(C)O2)C=C(F)C1=N. The van der Waals surface area contributed by atoms with E-state index in [-0.39, 0.29) is 5.71 Å². The van der Waals surface area contributed by atoms with Crippen molar-refractivity contribution >= 4 is 12.8 Å². The molecule has 1 saturated heterocycles. The fourth-order valence-corrected chi connectivity index (χ4v) is 2.03. The Morgan fingerprint density at radius 2 is 1.75 bits per heavy atom. The minimum Gasteiger partial charge on any atom is -0.399 e. The quantitative estimate of drug-likeness (QED) is 0.763. The Hall–Kier alpha value is -1.40. The number of hydrogen-bond acceptors (Lipinski definition) is 4. The molecule has 4 nitrogen and oxygen atoms in total. The zero-order valence-electron chi connectivity index (χ0n) is 12.5. The van der Waals surface area contributed by atoms with E-state index in [1.54, 1.807) is 19.3 Å². The molecule has 2 aliphatic rings. The maximum atomic E-state index is 13.9. The van der Waals surface area contributed by atoms with Crippen molar-refractivity contribution in [2.45, 2.75) is 38.9 Å². The lowest BCUT2D eigenvalue weighted by Crippen LogP contribution is -2.41. The summed E-state index contributed by atoms with van der Waals surface area (Å²) in [6.45, 7) is 7.79. The summed E-state index contributed by atoms with van der Waals surface area (Å²) in [6.07, 6.45) is 4.60. The van der Waals surface area contributed by atoms with E-state index in [0.29, 0.717) is 11.0 Å². The van der Waals surface area contributed by atoms with Crippen LogP contribution in [-0.4, -0.2) is 31.1 Å². The molecule has 0 radical (unpaired) electrons. The predicted molar refractivity (Wildman–Crippen MR) is 78.2 cm³/mol. The van der Waals surface area contributed by atoms with Crippen LogP contribution >= 0.6 is 0 Å². The average molecular weight is 278 g/mol. The Labute approximate surface area is 119 Å². The van der Waals surface area contributed by atoms with E-state index in [1.807, 2.05) is 27.7 Å². The standard InChI is InChI=1S/C14H20BFN2O2/c1-13(2)14(3,4)20-15(19-13)10-6-9(8-18-5)12(17)11(16)7-10/h6-8,17-18H,1-5H3/b9-8-,17-12?. The lowest BCUT2D eigenvalue weighted by atomic mass is 9.74. The molecule has 1 fully saturated rings. The summed E-state index contributed by atoms with van der Waals surface area (Å²) in [4.78, 5) is 0. The first kappa shape index (κ1) is 15.0. The molecule has 108 valence electrons. The molecule has 1 aliphatic heterocycles. The summed E-state index contributed by atoms with van der Waals surface area (Å²) in [5, 5.41) is 10.5. The van der Waals surface area contributed by atoms with E-state index in [9.17, 15) is 4.39 Å². The second-order valence-electron chi connectivity index (χ2n) is 5.99. The van der Waals surface area contributed by atoms with Crippen LogP contribution in [0.3, 0.4) is 0 Å². The van der Waals surface area contributed by atoms with Crippen molar-refractivity contribution in [1.29, 1.82) is 5.41 Å². The first-order valence-corrected chi connectivity index (χ1v) is 6.59. The molecule has 2 rings (SSSR count). The summed E-state index contributed by atoms with van der Waals surface area (Å²) in [5.74, 6) is -0.585. The number of nitrogens with one attached hydrogen (secondary N) is 2. The molecule has 0 spiro atoms. The van der Waals surface area contributed by atoms with Gasteiger partial charge in [-0.2, -0.15) is 0 Å². The normalized spacial score (nSPS) is 26.6. The summed E-state index contributed by atoms with van der Waals surface area (Å²) >= 11 is 0. The zero-order valence-corrected chi connectivity index (χ0v) is 12.5. The average Bonchev–Trinajstić information content (AvgIpc) is 2.54. The van der Waals surface area contributed by atoms with Crippen molar-refractivity contribution in [3.8, 4) is 0 Å². The lowest BCUT2D eigenvalue weighted by molar-refractivity contribution is 0.00578. The van der Waals surface area contributed by atoms with Gasteiger partial charge in [-0.25, -0.2) is 4.39 Å². The Balaban J connectivity index is 2.33. The molecule has 0 bridgehead atoms. The molecule has 0 saturated carbocycles. The second-order valence-corrected chi connectivity index (χ2v) is 5.99. The van der Waals surface area contributed by atoms with Gasteiger partial charge in [0.2, 0.25) is 0 Å². The molecule has 0 unspecified atom stereocenters. The van der Waals surface area contributed by atoms with Crippen LogP contribution in [-0.2, 0) is 9.31 Å². The molecule has 1 aliphatic carbocycles. The molecule has 0 amide bonds. The van der Waals surface area contributed by atoms with Crippen molar-refractivity contribution < 1.29 is 13.7 Å². The Bertz CT molecular complexity index is 519.